The van der Waals surface area contributed by atoms with Crippen molar-refractivity contribution in [3.63, 3.8) is 0 Å². The average Bonchev–Trinajstić information content (AvgIpc) is 2.89. The Morgan fingerprint density at radius 1 is 1.33 bits per heavy atom. The molecule has 1 aromatic heterocycles. The topological polar surface area (TPSA) is 39.1 Å². The van der Waals surface area contributed by atoms with E-state index in [1.54, 1.807) is 0 Å². The van der Waals surface area contributed by atoms with Crippen molar-refractivity contribution < 1.29 is 4.84 Å². The van der Waals surface area contributed by atoms with Gasteiger partial charge in [0.1, 0.15) is 0 Å². The molecule has 96 valence electrons. The molecule has 0 aliphatic rings. The molecular formula is C14H19N3O. The summed E-state index contributed by atoms with van der Waals surface area (Å²) in [5.74, 6) is 0. The lowest BCUT2D eigenvalue weighted by Crippen LogP contribution is -2.18. The predicted octanol–water partition coefficient (Wildman–Crippen LogP) is 2.69. The SMILES string of the molecule is CCn1cc(C(C)NOCc2ccccc2)cn1. The molecule has 0 amide bonds. The van der Waals surface area contributed by atoms with E-state index in [-0.39, 0.29) is 6.04 Å². The van der Waals surface area contributed by atoms with Gasteiger partial charge in [-0.25, -0.2) is 0 Å². The van der Waals surface area contributed by atoms with Crippen molar-refractivity contribution in [3.8, 4) is 0 Å². The second kappa shape index (κ2) is 6.33. The summed E-state index contributed by atoms with van der Waals surface area (Å²) in [5.41, 5.74) is 5.32. The largest absolute Gasteiger partial charge is 0.296 e. The summed E-state index contributed by atoms with van der Waals surface area (Å²) < 4.78 is 1.91. The van der Waals surface area contributed by atoms with Crippen LogP contribution in [0.15, 0.2) is 42.7 Å². The average molecular weight is 245 g/mol. The highest BCUT2D eigenvalue weighted by molar-refractivity contribution is 5.13. The van der Waals surface area contributed by atoms with Crippen LogP contribution in [0.2, 0.25) is 0 Å². The summed E-state index contributed by atoms with van der Waals surface area (Å²) in [6.07, 6.45) is 3.90. The molecule has 4 nitrogen and oxygen atoms in total. The van der Waals surface area contributed by atoms with Gasteiger partial charge in [-0.1, -0.05) is 30.3 Å². The second-order valence-corrected chi connectivity index (χ2v) is 4.24. The Bertz CT molecular complexity index is 467. The van der Waals surface area contributed by atoms with Crippen LogP contribution in [0.3, 0.4) is 0 Å². The van der Waals surface area contributed by atoms with E-state index in [9.17, 15) is 0 Å². The zero-order valence-corrected chi connectivity index (χ0v) is 10.8. The molecule has 0 spiro atoms. The first-order valence-corrected chi connectivity index (χ1v) is 6.23. The molecule has 0 bridgehead atoms. The minimum Gasteiger partial charge on any atom is -0.296 e. The van der Waals surface area contributed by atoms with E-state index in [1.807, 2.05) is 47.4 Å². The molecule has 1 unspecified atom stereocenters. The van der Waals surface area contributed by atoms with Crippen molar-refractivity contribution in [1.82, 2.24) is 15.3 Å². The van der Waals surface area contributed by atoms with Crippen molar-refractivity contribution in [1.29, 1.82) is 0 Å². The molecule has 0 aliphatic heterocycles. The van der Waals surface area contributed by atoms with Gasteiger partial charge in [0, 0.05) is 18.3 Å². The molecule has 1 aromatic carbocycles. The Morgan fingerprint density at radius 2 is 2.11 bits per heavy atom. The molecule has 2 rings (SSSR count). The maximum atomic E-state index is 5.49. The van der Waals surface area contributed by atoms with Gasteiger partial charge in [-0.2, -0.15) is 10.6 Å². The Hall–Kier alpha value is -1.65. The molecule has 0 saturated heterocycles. The molecule has 18 heavy (non-hydrogen) atoms. The standard InChI is InChI=1S/C14H19N3O/c1-3-17-10-14(9-15-17)12(2)16-18-11-13-7-5-4-6-8-13/h4-10,12,16H,3,11H2,1-2H3. The number of aryl methyl sites for hydroxylation is 1. The first-order chi connectivity index (χ1) is 8.79. The van der Waals surface area contributed by atoms with Crippen LogP contribution >= 0.6 is 0 Å². The quantitative estimate of drug-likeness (QED) is 0.795. The second-order valence-electron chi connectivity index (χ2n) is 4.24. The Morgan fingerprint density at radius 3 is 2.78 bits per heavy atom. The van der Waals surface area contributed by atoms with E-state index in [2.05, 4.69) is 24.4 Å². The molecule has 0 saturated carbocycles. The molecule has 2 aromatic rings. The van der Waals surface area contributed by atoms with Gasteiger partial charge in [-0.05, 0) is 19.4 Å². The van der Waals surface area contributed by atoms with Gasteiger partial charge in [0.15, 0.2) is 0 Å². The van der Waals surface area contributed by atoms with Crippen LogP contribution in [0.1, 0.15) is 31.0 Å². The fourth-order valence-corrected chi connectivity index (χ4v) is 1.67. The summed E-state index contributed by atoms with van der Waals surface area (Å²) in [5, 5.41) is 4.24. The fourth-order valence-electron chi connectivity index (χ4n) is 1.67. The van der Waals surface area contributed by atoms with E-state index in [4.69, 9.17) is 4.84 Å². The lowest BCUT2D eigenvalue weighted by molar-refractivity contribution is 0.00696. The summed E-state index contributed by atoms with van der Waals surface area (Å²) in [7, 11) is 0. The van der Waals surface area contributed by atoms with Crippen molar-refractivity contribution in [3.05, 3.63) is 53.9 Å². The van der Waals surface area contributed by atoms with Gasteiger partial charge < -0.3 is 0 Å². The third kappa shape index (κ3) is 3.42. The minimum absolute atomic E-state index is 0.133. The number of hydroxylamine groups is 1. The zero-order chi connectivity index (χ0) is 12.8. The monoisotopic (exact) mass is 245 g/mol. The van der Waals surface area contributed by atoms with Crippen LogP contribution in [-0.4, -0.2) is 9.78 Å². The third-order valence-electron chi connectivity index (χ3n) is 2.82. The first-order valence-electron chi connectivity index (χ1n) is 6.23. The highest BCUT2D eigenvalue weighted by Crippen LogP contribution is 2.11. The molecule has 4 heteroatoms. The van der Waals surface area contributed by atoms with Crippen LogP contribution in [0.4, 0.5) is 0 Å². The Balaban J connectivity index is 1.79. The minimum atomic E-state index is 0.133. The van der Waals surface area contributed by atoms with Crippen molar-refractivity contribution in [2.24, 2.45) is 0 Å². The number of rotatable bonds is 6. The first kappa shape index (κ1) is 12.8. The predicted molar refractivity (Wildman–Crippen MR) is 70.7 cm³/mol. The summed E-state index contributed by atoms with van der Waals surface area (Å²) in [6.45, 7) is 5.58. The number of hydrogen-bond acceptors (Lipinski definition) is 3. The third-order valence-corrected chi connectivity index (χ3v) is 2.82. The van der Waals surface area contributed by atoms with Crippen LogP contribution in [-0.2, 0) is 18.0 Å². The lowest BCUT2D eigenvalue weighted by Gasteiger charge is -2.12. The van der Waals surface area contributed by atoms with Crippen LogP contribution in [0.25, 0.3) is 0 Å². The van der Waals surface area contributed by atoms with Crippen LogP contribution < -0.4 is 5.48 Å². The number of aromatic nitrogens is 2. The molecule has 1 atom stereocenters. The van der Waals surface area contributed by atoms with Crippen LogP contribution in [0.5, 0.6) is 0 Å². The van der Waals surface area contributed by atoms with Gasteiger partial charge in [-0.15, -0.1) is 0 Å². The summed E-state index contributed by atoms with van der Waals surface area (Å²) >= 11 is 0. The molecule has 1 heterocycles. The summed E-state index contributed by atoms with van der Waals surface area (Å²) in [4.78, 5) is 5.49. The number of benzene rings is 1. The molecule has 0 fully saturated rings. The molecule has 0 radical (unpaired) electrons. The Kier molecular flexibility index (Phi) is 4.50. The summed E-state index contributed by atoms with van der Waals surface area (Å²) in [6, 6.07) is 10.2. The number of nitrogens with zero attached hydrogens (tertiary/aromatic N) is 2. The number of hydrogen-bond donors (Lipinski definition) is 1. The Labute approximate surface area is 108 Å². The van der Waals surface area contributed by atoms with Crippen LogP contribution in [0, 0.1) is 0 Å². The highest BCUT2D eigenvalue weighted by Gasteiger charge is 2.07. The van der Waals surface area contributed by atoms with E-state index >= 15 is 0 Å². The lowest BCUT2D eigenvalue weighted by atomic mass is 10.2. The maximum Gasteiger partial charge on any atom is 0.0933 e. The van der Waals surface area contributed by atoms with Gasteiger partial charge in [0.05, 0.1) is 18.8 Å². The zero-order valence-electron chi connectivity index (χ0n) is 10.8. The molecular weight excluding hydrogens is 226 g/mol. The van der Waals surface area contributed by atoms with E-state index in [0.29, 0.717) is 6.61 Å². The number of nitrogens with one attached hydrogen (secondary N) is 1. The smallest absolute Gasteiger partial charge is 0.0933 e. The highest BCUT2D eigenvalue weighted by atomic mass is 16.6. The fraction of sp³-hybridized carbons (Fsp3) is 0.357. The van der Waals surface area contributed by atoms with Gasteiger partial charge in [-0.3, -0.25) is 9.52 Å². The molecule has 0 aliphatic carbocycles. The van der Waals surface area contributed by atoms with Crippen molar-refractivity contribution in [2.75, 3.05) is 0 Å². The van der Waals surface area contributed by atoms with Crippen molar-refractivity contribution in [2.45, 2.75) is 33.0 Å². The van der Waals surface area contributed by atoms with E-state index < -0.39 is 0 Å². The maximum absolute atomic E-state index is 5.49. The van der Waals surface area contributed by atoms with E-state index in [0.717, 1.165) is 17.7 Å². The van der Waals surface area contributed by atoms with Gasteiger partial charge >= 0.3 is 0 Å². The normalized spacial score (nSPS) is 12.6. The van der Waals surface area contributed by atoms with Gasteiger partial charge in [0.2, 0.25) is 0 Å². The molecule has 1 N–H and O–H groups in total. The van der Waals surface area contributed by atoms with Crippen molar-refractivity contribution >= 4 is 0 Å². The van der Waals surface area contributed by atoms with E-state index in [1.165, 1.54) is 0 Å². The van der Waals surface area contributed by atoms with Gasteiger partial charge in [0.25, 0.3) is 0 Å².